The van der Waals surface area contributed by atoms with Crippen LogP contribution in [0, 0.1) is 12.8 Å². The van der Waals surface area contributed by atoms with Gasteiger partial charge in [-0.05, 0) is 49.1 Å². The molecular weight excluding hydrogens is 332 g/mol. The molecule has 0 bridgehead atoms. The van der Waals surface area contributed by atoms with Gasteiger partial charge in [0.1, 0.15) is 5.65 Å². The number of amides is 1. The lowest BCUT2D eigenvalue weighted by Gasteiger charge is -2.02. The van der Waals surface area contributed by atoms with Crippen LogP contribution in [-0.4, -0.2) is 20.9 Å². The van der Waals surface area contributed by atoms with E-state index in [4.69, 9.17) is 0 Å². The number of nitrogens with one attached hydrogen (secondary N) is 2. The summed E-state index contributed by atoms with van der Waals surface area (Å²) < 4.78 is 1.06. The van der Waals surface area contributed by atoms with Crippen LogP contribution < -0.4 is 5.32 Å². The number of carbonyl (C=O) groups excluding carboxylic acids is 1. The highest BCUT2D eigenvalue weighted by atomic mass is 32.1. The summed E-state index contributed by atoms with van der Waals surface area (Å²) in [5.74, 6) is 0.279. The quantitative estimate of drug-likeness (QED) is 0.573. The van der Waals surface area contributed by atoms with Crippen molar-refractivity contribution >= 4 is 43.6 Å². The van der Waals surface area contributed by atoms with Crippen molar-refractivity contribution in [3.05, 3.63) is 42.2 Å². The number of H-pyrrole nitrogens is 1. The van der Waals surface area contributed by atoms with Crippen molar-refractivity contribution < 1.29 is 4.79 Å². The van der Waals surface area contributed by atoms with Crippen LogP contribution in [-0.2, 0) is 4.79 Å². The maximum Gasteiger partial charge on any atom is 0.229 e. The molecule has 6 heteroatoms. The molecule has 1 aliphatic rings. The van der Waals surface area contributed by atoms with E-state index in [1.165, 1.54) is 16.9 Å². The van der Waals surface area contributed by atoms with E-state index in [0.29, 0.717) is 5.13 Å². The molecule has 25 heavy (non-hydrogen) atoms. The van der Waals surface area contributed by atoms with E-state index in [-0.39, 0.29) is 11.8 Å². The second-order valence-corrected chi connectivity index (χ2v) is 7.59. The second kappa shape index (κ2) is 5.39. The van der Waals surface area contributed by atoms with Gasteiger partial charge in [-0.1, -0.05) is 17.4 Å². The van der Waals surface area contributed by atoms with Gasteiger partial charge in [0.15, 0.2) is 5.13 Å². The Hall–Kier alpha value is -2.73. The predicted molar refractivity (Wildman–Crippen MR) is 101 cm³/mol. The molecule has 1 aliphatic carbocycles. The molecule has 1 amide bonds. The summed E-state index contributed by atoms with van der Waals surface area (Å²) in [6.07, 6.45) is 5.85. The molecule has 0 radical (unpaired) electrons. The van der Waals surface area contributed by atoms with E-state index in [0.717, 1.165) is 45.2 Å². The number of rotatable bonds is 3. The smallest absolute Gasteiger partial charge is 0.229 e. The van der Waals surface area contributed by atoms with Gasteiger partial charge in [-0.15, -0.1) is 0 Å². The number of hydrogen-bond acceptors (Lipinski definition) is 4. The first-order valence-corrected chi connectivity index (χ1v) is 9.14. The van der Waals surface area contributed by atoms with Gasteiger partial charge < -0.3 is 10.3 Å². The van der Waals surface area contributed by atoms with Gasteiger partial charge in [0.2, 0.25) is 5.91 Å². The molecule has 5 nitrogen and oxygen atoms in total. The van der Waals surface area contributed by atoms with Gasteiger partial charge in [-0.2, -0.15) is 0 Å². The number of fused-ring (bicyclic) bond motifs is 2. The molecule has 0 atom stereocenters. The minimum absolute atomic E-state index is 0.0943. The molecule has 5 rings (SSSR count). The number of aromatic nitrogens is 3. The first kappa shape index (κ1) is 14.6. The van der Waals surface area contributed by atoms with Crippen molar-refractivity contribution in [2.24, 2.45) is 5.92 Å². The van der Waals surface area contributed by atoms with Crippen molar-refractivity contribution in [3.8, 4) is 11.1 Å². The first-order valence-electron chi connectivity index (χ1n) is 8.33. The zero-order valence-electron chi connectivity index (χ0n) is 13.7. The molecule has 124 valence electrons. The van der Waals surface area contributed by atoms with E-state index in [1.807, 2.05) is 18.5 Å². The minimum Gasteiger partial charge on any atom is -0.346 e. The normalized spacial score (nSPS) is 14.3. The maximum absolute atomic E-state index is 11.9. The molecule has 1 saturated carbocycles. The topological polar surface area (TPSA) is 70.7 Å². The Morgan fingerprint density at radius 2 is 2.16 bits per heavy atom. The van der Waals surface area contributed by atoms with Crippen molar-refractivity contribution in [2.75, 3.05) is 5.32 Å². The van der Waals surface area contributed by atoms with Crippen molar-refractivity contribution in [1.29, 1.82) is 0 Å². The molecule has 1 aromatic carbocycles. The van der Waals surface area contributed by atoms with Gasteiger partial charge in [0, 0.05) is 29.3 Å². The van der Waals surface area contributed by atoms with Gasteiger partial charge in [-0.25, -0.2) is 9.97 Å². The van der Waals surface area contributed by atoms with Crippen LogP contribution in [0.1, 0.15) is 18.4 Å². The van der Waals surface area contributed by atoms with Crippen molar-refractivity contribution in [2.45, 2.75) is 19.8 Å². The Morgan fingerprint density at radius 1 is 1.28 bits per heavy atom. The summed E-state index contributed by atoms with van der Waals surface area (Å²) >= 11 is 1.52. The van der Waals surface area contributed by atoms with Crippen LogP contribution in [0.15, 0.2) is 36.7 Å². The van der Waals surface area contributed by atoms with Gasteiger partial charge in [-0.3, -0.25) is 4.79 Å². The summed E-state index contributed by atoms with van der Waals surface area (Å²) in [7, 11) is 0. The number of carbonyl (C=O) groups is 1. The highest BCUT2D eigenvalue weighted by molar-refractivity contribution is 7.22. The van der Waals surface area contributed by atoms with Gasteiger partial charge in [0.05, 0.1) is 10.2 Å². The van der Waals surface area contributed by atoms with Crippen LogP contribution in [0.4, 0.5) is 5.13 Å². The van der Waals surface area contributed by atoms with Crippen LogP contribution in [0.3, 0.4) is 0 Å². The fourth-order valence-corrected chi connectivity index (χ4v) is 3.91. The van der Waals surface area contributed by atoms with Crippen molar-refractivity contribution in [1.82, 2.24) is 15.0 Å². The van der Waals surface area contributed by atoms with E-state index in [2.05, 4.69) is 45.4 Å². The lowest BCUT2D eigenvalue weighted by molar-refractivity contribution is -0.117. The molecule has 3 heterocycles. The maximum atomic E-state index is 11.9. The number of aryl methyl sites for hydroxylation is 1. The first-order chi connectivity index (χ1) is 12.2. The SMILES string of the molecule is Cc1c[nH]c2ncc(-c3ccc4nc(NC(=O)C5CC5)sc4c3)cc12. The Morgan fingerprint density at radius 3 is 3.00 bits per heavy atom. The van der Waals surface area contributed by atoms with E-state index in [1.54, 1.807) is 0 Å². The molecule has 0 spiro atoms. The molecule has 0 unspecified atom stereocenters. The number of nitrogens with zero attached hydrogens (tertiary/aromatic N) is 2. The highest BCUT2D eigenvalue weighted by Gasteiger charge is 2.30. The molecule has 1 fully saturated rings. The van der Waals surface area contributed by atoms with Crippen LogP contribution in [0.2, 0.25) is 0 Å². The van der Waals surface area contributed by atoms with Crippen LogP contribution in [0.5, 0.6) is 0 Å². The fourth-order valence-electron chi connectivity index (χ4n) is 3.00. The monoisotopic (exact) mass is 348 g/mol. The average molecular weight is 348 g/mol. The van der Waals surface area contributed by atoms with Gasteiger partial charge in [0.25, 0.3) is 0 Å². The molecule has 2 N–H and O–H groups in total. The third-order valence-electron chi connectivity index (χ3n) is 4.64. The average Bonchev–Trinajstić information content (AvgIpc) is 3.31. The minimum atomic E-state index is 0.0943. The molecule has 4 aromatic rings. The lowest BCUT2D eigenvalue weighted by atomic mass is 10.1. The van der Waals surface area contributed by atoms with E-state index >= 15 is 0 Å². The number of thiazole rings is 1. The fraction of sp³-hybridized carbons (Fsp3) is 0.211. The van der Waals surface area contributed by atoms with E-state index < -0.39 is 0 Å². The largest absolute Gasteiger partial charge is 0.346 e. The number of hydrogen-bond donors (Lipinski definition) is 2. The second-order valence-electron chi connectivity index (χ2n) is 6.56. The summed E-state index contributed by atoms with van der Waals surface area (Å²) in [5.41, 5.74) is 5.19. The van der Waals surface area contributed by atoms with E-state index in [9.17, 15) is 4.79 Å². The number of aromatic amines is 1. The van der Waals surface area contributed by atoms with Crippen molar-refractivity contribution in [3.63, 3.8) is 0 Å². The third kappa shape index (κ3) is 2.59. The molecular formula is C19H16N4OS. The number of pyridine rings is 1. The molecule has 0 aliphatic heterocycles. The standard InChI is InChI=1S/C19H16N4OS/c1-10-8-20-17-14(10)6-13(9-21-17)12-4-5-15-16(7-12)25-19(22-15)23-18(24)11-2-3-11/h4-9,11H,2-3H2,1H3,(H,20,21)(H,22,23,24). The van der Waals surface area contributed by atoms with Gasteiger partial charge >= 0.3 is 0 Å². The predicted octanol–water partition coefficient (Wildman–Crippen LogP) is 4.50. The Balaban J connectivity index is 1.52. The zero-order valence-corrected chi connectivity index (χ0v) is 14.5. The summed E-state index contributed by atoms with van der Waals surface area (Å²) in [6, 6.07) is 8.33. The Bertz CT molecular complexity index is 1120. The molecule has 0 saturated heterocycles. The zero-order chi connectivity index (χ0) is 17.0. The summed E-state index contributed by atoms with van der Waals surface area (Å²) in [5, 5.41) is 4.75. The highest BCUT2D eigenvalue weighted by Crippen LogP contribution is 2.34. The number of benzene rings is 1. The lowest BCUT2D eigenvalue weighted by Crippen LogP contribution is -2.12. The van der Waals surface area contributed by atoms with Crippen LogP contribution >= 0.6 is 11.3 Å². The summed E-state index contributed by atoms with van der Waals surface area (Å²) in [6.45, 7) is 2.07. The Kier molecular flexibility index (Phi) is 3.15. The number of anilines is 1. The summed E-state index contributed by atoms with van der Waals surface area (Å²) in [4.78, 5) is 24.1. The van der Waals surface area contributed by atoms with Crippen LogP contribution in [0.25, 0.3) is 32.4 Å². The third-order valence-corrected chi connectivity index (χ3v) is 5.57. The Labute approximate surface area is 148 Å². The molecule has 3 aromatic heterocycles.